The molecule has 0 heterocycles. The van der Waals surface area contributed by atoms with Gasteiger partial charge in [0, 0.05) is 25.3 Å². The molecule has 120 valence electrons. The van der Waals surface area contributed by atoms with Crippen molar-refractivity contribution in [3.05, 3.63) is 29.3 Å². The smallest absolute Gasteiger partial charge is 0.120 e. The van der Waals surface area contributed by atoms with Crippen molar-refractivity contribution in [1.29, 1.82) is 0 Å². The normalized spacial score (nSPS) is 12.3. The molecule has 0 saturated heterocycles. The molecular formula is C15H24ClNO4. The number of aliphatic hydroxyl groups is 1. The molecule has 21 heavy (non-hydrogen) atoms. The van der Waals surface area contributed by atoms with Gasteiger partial charge in [0.05, 0.1) is 13.2 Å². The van der Waals surface area contributed by atoms with Gasteiger partial charge >= 0.3 is 0 Å². The second kappa shape index (κ2) is 11.8. The minimum absolute atomic E-state index is 0.234. The van der Waals surface area contributed by atoms with Crippen molar-refractivity contribution >= 4 is 11.6 Å². The highest BCUT2D eigenvalue weighted by molar-refractivity contribution is 6.30. The third-order valence-electron chi connectivity index (χ3n) is 2.69. The van der Waals surface area contributed by atoms with Crippen molar-refractivity contribution in [2.75, 3.05) is 46.6 Å². The van der Waals surface area contributed by atoms with Gasteiger partial charge in [-0.05, 0) is 31.2 Å². The molecule has 1 aromatic rings. The summed E-state index contributed by atoms with van der Waals surface area (Å²) in [6.07, 6.45) is 0.337. The first-order valence-corrected chi connectivity index (χ1v) is 7.44. The van der Waals surface area contributed by atoms with Crippen LogP contribution < -0.4 is 10.1 Å². The number of aliphatic hydroxyl groups excluding tert-OH is 1. The lowest BCUT2D eigenvalue weighted by molar-refractivity contribution is 0.0683. The van der Waals surface area contributed by atoms with Crippen molar-refractivity contribution in [1.82, 2.24) is 5.32 Å². The summed E-state index contributed by atoms with van der Waals surface area (Å²) in [4.78, 5) is 0. The number of hydrogen-bond donors (Lipinski definition) is 2. The number of rotatable bonds is 12. The molecule has 0 spiro atoms. The average molecular weight is 318 g/mol. The maximum Gasteiger partial charge on any atom is 0.120 e. The monoisotopic (exact) mass is 317 g/mol. The standard InChI is InChI=1S/C15H24ClNO4/c1-19-8-9-20-7-3-6-17-11-14(18)12-21-15-5-2-4-13(16)10-15/h2,4-5,10,14,17-18H,3,6-9,11-12H2,1H3. The van der Waals surface area contributed by atoms with Crippen LogP contribution in [0.4, 0.5) is 0 Å². The predicted octanol–water partition coefficient (Wildman–Crippen LogP) is 1.72. The maximum absolute atomic E-state index is 9.78. The number of hydrogen-bond acceptors (Lipinski definition) is 5. The Balaban J connectivity index is 1.97. The third-order valence-corrected chi connectivity index (χ3v) is 2.93. The summed E-state index contributed by atoms with van der Waals surface area (Å²) in [7, 11) is 1.65. The molecule has 6 heteroatoms. The van der Waals surface area contributed by atoms with E-state index in [-0.39, 0.29) is 6.61 Å². The molecule has 1 aromatic carbocycles. The predicted molar refractivity (Wildman–Crippen MR) is 83.1 cm³/mol. The molecule has 0 aromatic heterocycles. The van der Waals surface area contributed by atoms with Crippen LogP contribution in [0.25, 0.3) is 0 Å². The first-order chi connectivity index (χ1) is 10.2. The molecule has 0 aliphatic carbocycles. The molecule has 0 fully saturated rings. The van der Waals surface area contributed by atoms with Gasteiger partial charge in [0.15, 0.2) is 0 Å². The van der Waals surface area contributed by atoms with Gasteiger partial charge in [-0.15, -0.1) is 0 Å². The summed E-state index contributed by atoms with van der Waals surface area (Å²) in [5.41, 5.74) is 0. The summed E-state index contributed by atoms with van der Waals surface area (Å²) < 4.78 is 15.7. The molecular weight excluding hydrogens is 294 g/mol. The lowest BCUT2D eigenvalue weighted by Gasteiger charge is -2.13. The Morgan fingerprint density at radius 2 is 2.14 bits per heavy atom. The van der Waals surface area contributed by atoms with Crippen molar-refractivity contribution in [3.8, 4) is 5.75 Å². The Hall–Kier alpha value is -0.850. The first-order valence-electron chi connectivity index (χ1n) is 7.06. The minimum Gasteiger partial charge on any atom is -0.491 e. The summed E-state index contributed by atoms with van der Waals surface area (Å²) in [6.45, 7) is 3.43. The Morgan fingerprint density at radius 1 is 1.29 bits per heavy atom. The Labute approximate surface area is 131 Å². The van der Waals surface area contributed by atoms with Gasteiger partial charge in [-0.3, -0.25) is 0 Å². The van der Waals surface area contributed by atoms with Crippen LogP contribution in [0.3, 0.4) is 0 Å². The topological polar surface area (TPSA) is 60.0 Å². The molecule has 0 aliphatic rings. The van der Waals surface area contributed by atoms with Gasteiger partial charge < -0.3 is 24.6 Å². The van der Waals surface area contributed by atoms with Crippen LogP contribution in [0.5, 0.6) is 5.75 Å². The molecule has 1 atom stereocenters. The zero-order valence-electron chi connectivity index (χ0n) is 12.4. The van der Waals surface area contributed by atoms with Gasteiger partial charge in [-0.1, -0.05) is 17.7 Å². The van der Waals surface area contributed by atoms with Crippen LogP contribution in [-0.2, 0) is 9.47 Å². The quantitative estimate of drug-likeness (QED) is 0.575. The fraction of sp³-hybridized carbons (Fsp3) is 0.600. The van der Waals surface area contributed by atoms with E-state index in [1.165, 1.54) is 0 Å². The second-order valence-corrected chi connectivity index (χ2v) is 5.02. The van der Waals surface area contributed by atoms with Crippen molar-refractivity contribution in [3.63, 3.8) is 0 Å². The molecule has 5 nitrogen and oxygen atoms in total. The van der Waals surface area contributed by atoms with E-state index in [9.17, 15) is 5.11 Å². The van der Waals surface area contributed by atoms with Gasteiger partial charge in [-0.2, -0.15) is 0 Å². The highest BCUT2D eigenvalue weighted by Gasteiger charge is 2.05. The lowest BCUT2D eigenvalue weighted by atomic mass is 10.3. The molecule has 0 bridgehead atoms. The molecule has 2 N–H and O–H groups in total. The van der Waals surface area contributed by atoms with Gasteiger partial charge in [0.2, 0.25) is 0 Å². The molecule has 0 radical (unpaired) electrons. The van der Waals surface area contributed by atoms with Crippen molar-refractivity contribution in [2.24, 2.45) is 0 Å². The Morgan fingerprint density at radius 3 is 2.90 bits per heavy atom. The van der Waals surface area contributed by atoms with Crippen LogP contribution in [0, 0.1) is 0 Å². The van der Waals surface area contributed by atoms with E-state index >= 15 is 0 Å². The fourth-order valence-corrected chi connectivity index (χ4v) is 1.80. The van der Waals surface area contributed by atoms with Crippen LogP contribution >= 0.6 is 11.6 Å². The summed E-state index contributed by atoms with van der Waals surface area (Å²) in [6, 6.07) is 7.12. The zero-order valence-corrected chi connectivity index (χ0v) is 13.1. The van der Waals surface area contributed by atoms with Crippen LogP contribution in [0.2, 0.25) is 5.02 Å². The number of benzene rings is 1. The van der Waals surface area contributed by atoms with E-state index in [0.29, 0.717) is 37.1 Å². The summed E-state index contributed by atoms with van der Waals surface area (Å²) in [5.74, 6) is 0.660. The zero-order chi connectivity index (χ0) is 15.3. The van der Waals surface area contributed by atoms with Gasteiger partial charge in [0.25, 0.3) is 0 Å². The van der Waals surface area contributed by atoms with E-state index in [1.807, 2.05) is 12.1 Å². The van der Waals surface area contributed by atoms with E-state index in [2.05, 4.69) is 5.32 Å². The van der Waals surface area contributed by atoms with Gasteiger partial charge in [-0.25, -0.2) is 0 Å². The number of nitrogens with one attached hydrogen (secondary N) is 1. The number of halogens is 1. The highest BCUT2D eigenvalue weighted by Crippen LogP contribution is 2.17. The SMILES string of the molecule is COCCOCCCNCC(O)COc1cccc(Cl)c1. The minimum atomic E-state index is -0.557. The fourth-order valence-electron chi connectivity index (χ4n) is 1.62. The molecule has 1 unspecified atom stereocenters. The number of ether oxygens (including phenoxy) is 3. The average Bonchev–Trinajstić information content (AvgIpc) is 2.48. The van der Waals surface area contributed by atoms with E-state index in [0.717, 1.165) is 13.0 Å². The van der Waals surface area contributed by atoms with Crippen molar-refractivity contribution < 1.29 is 19.3 Å². The Bertz CT molecular complexity index is 378. The number of methoxy groups -OCH3 is 1. The van der Waals surface area contributed by atoms with Crippen molar-refractivity contribution in [2.45, 2.75) is 12.5 Å². The third kappa shape index (κ3) is 9.66. The van der Waals surface area contributed by atoms with Crippen LogP contribution in [0.15, 0.2) is 24.3 Å². The molecule has 0 saturated carbocycles. The second-order valence-electron chi connectivity index (χ2n) is 4.59. The van der Waals surface area contributed by atoms with Crippen LogP contribution in [-0.4, -0.2) is 57.8 Å². The van der Waals surface area contributed by atoms with Gasteiger partial charge in [0.1, 0.15) is 18.5 Å². The lowest BCUT2D eigenvalue weighted by Crippen LogP contribution is -2.32. The largest absolute Gasteiger partial charge is 0.491 e. The Kier molecular flexibility index (Phi) is 10.2. The van der Waals surface area contributed by atoms with E-state index in [1.54, 1.807) is 19.2 Å². The molecule has 1 rings (SSSR count). The molecule has 0 aliphatic heterocycles. The molecule has 0 amide bonds. The van der Waals surface area contributed by atoms with Crippen LogP contribution in [0.1, 0.15) is 6.42 Å². The maximum atomic E-state index is 9.78. The summed E-state index contributed by atoms with van der Waals surface area (Å²) >= 11 is 5.85. The summed E-state index contributed by atoms with van der Waals surface area (Å²) in [5, 5.41) is 13.6. The van der Waals surface area contributed by atoms with E-state index < -0.39 is 6.10 Å². The first kappa shape index (κ1) is 18.2. The highest BCUT2D eigenvalue weighted by atomic mass is 35.5. The van der Waals surface area contributed by atoms with E-state index in [4.69, 9.17) is 25.8 Å².